The summed E-state index contributed by atoms with van der Waals surface area (Å²) in [6.45, 7) is 2.65. The van der Waals surface area contributed by atoms with Crippen LogP contribution in [0.25, 0.3) is 0 Å². The standard InChI is InChI=1S/C18H19N5O/c1-13-5-7-15(8-6-13)22-18(24)23-16-4-2-3-14(9-16)10-19-17-11-20-21-12-17/h2-9,11-12,19H,10H2,1H3,(H,20,21)(H2,22,23,24). The molecule has 0 aliphatic heterocycles. The van der Waals surface area contributed by atoms with Crippen molar-refractivity contribution in [2.45, 2.75) is 13.5 Å². The lowest BCUT2D eigenvalue weighted by Crippen LogP contribution is -2.19. The number of carbonyl (C=O) groups excluding carboxylic acids is 1. The maximum Gasteiger partial charge on any atom is 0.323 e. The molecule has 6 nitrogen and oxygen atoms in total. The zero-order valence-electron chi connectivity index (χ0n) is 13.3. The topological polar surface area (TPSA) is 81.8 Å². The first-order valence-corrected chi connectivity index (χ1v) is 7.65. The predicted octanol–water partition coefficient (Wildman–Crippen LogP) is 3.97. The van der Waals surface area contributed by atoms with E-state index in [-0.39, 0.29) is 6.03 Å². The van der Waals surface area contributed by atoms with Gasteiger partial charge in [-0.1, -0.05) is 29.8 Å². The molecular formula is C18H19N5O. The third-order valence-corrected chi connectivity index (χ3v) is 3.49. The summed E-state index contributed by atoms with van der Waals surface area (Å²) in [6, 6.07) is 15.1. The van der Waals surface area contributed by atoms with Crippen LogP contribution >= 0.6 is 0 Å². The van der Waals surface area contributed by atoms with Crippen LogP contribution in [0, 0.1) is 6.92 Å². The summed E-state index contributed by atoms with van der Waals surface area (Å²) in [5, 5.41) is 15.5. The number of nitrogens with zero attached hydrogens (tertiary/aromatic N) is 1. The van der Waals surface area contributed by atoms with Crippen molar-refractivity contribution in [3.8, 4) is 0 Å². The molecular weight excluding hydrogens is 302 g/mol. The minimum Gasteiger partial charge on any atom is -0.378 e. The Kier molecular flexibility index (Phi) is 4.76. The van der Waals surface area contributed by atoms with Gasteiger partial charge in [-0.05, 0) is 36.8 Å². The van der Waals surface area contributed by atoms with Crippen molar-refractivity contribution in [3.63, 3.8) is 0 Å². The third kappa shape index (κ3) is 4.36. The highest BCUT2D eigenvalue weighted by atomic mass is 16.2. The monoisotopic (exact) mass is 321 g/mol. The Morgan fingerprint density at radius 1 is 1.04 bits per heavy atom. The third-order valence-electron chi connectivity index (χ3n) is 3.49. The van der Waals surface area contributed by atoms with Crippen molar-refractivity contribution in [1.82, 2.24) is 10.2 Å². The van der Waals surface area contributed by atoms with Crippen LogP contribution in [-0.4, -0.2) is 16.2 Å². The Hall–Kier alpha value is -3.28. The Balaban J connectivity index is 1.57. The highest BCUT2D eigenvalue weighted by Crippen LogP contribution is 2.14. The van der Waals surface area contributed by atoms with Gasteiger partial charge in [0.05, 0.1) is 11.9 Å². The zero-order valence-corrected chi connectivity index (χ0v) is 13.3. The average molecular weight is 321 g/mol. The fraction of sp³-hybridized carbons (Fsp3) is 0.111. The smallest absolute Gasteiger partial charge is 0.323 e. The van der Waals surface area contributed by atoms with Crippen molar-refractivity contribution in [2.24, 2.45) is 0 Å². The van der Waals surface area contributed by atoms with Crippen LogP contribution in [0.1, 0.15) is 11.1 Å². The second kappa shape index (κ2) is 7.32. The predicted molar refractivity (Wildman–Crippen MR) is 96.2 cm³/mol. The molecule has 0 spiro atoms. The van der Waals surface area contributed by atoms with E-state index in [0.717, 1.165) is 28.2 Å². The molecule has 3 rings (SSSR count). The molecule has 3 aromatic rings. The fourth-order valence-corrected chi connectivity index (χ4v) is 2.24. The second-order valence-electron chi connectivity index (χ2n) is 5.49. The molecule has 122 valence electrons. The number of benzene rings is 2. The molecule has 0 aliphatic carbocycles. The molecule has 4 N–H and O–H groups in total. The SMILES string of the molecule is Cc1ccc(NC(=O)Nc2cccc(CNc3cn[nH]c3)c2)cc1. The van der Waals surface area contributed by atoms with Crippen LogP contribution < -0.4 is 16.0 Å². The lowest BCUT2D eigenvalue weighted by molar-refractivity contribution is 0.262. The van der Waals surface area contributed by atoms with Gasteiger partial charge in [0.1, 0.15) is 0 Å². The van der Waals surface area contributed by atoms with E-state index in [4.69, 9.17) is 0 Å². The van der Waals surface area contributed by atoms with Crippen molar-refractivity contribution in [2.75, 3.05) is 16.0 Å². The molecule has 1 heterocycles. The van der Waals surface area contributed by atoms with E-state index in [9.17, 15) is 4.79 Å². The summed E-state index contributed by atoms with van der Waals surface area (Å²) in [4.78, 5) is 12.1. The van der Waals surface area contributed by atoms with E-state index < -0.39 is 0 Å². The Morgan fingerprint density at radius 2 is 1.83 bits per heavy atom. The van der Waals surface area contributed by atoms with E-state index in [1.807, 2.05) is 55.5 Å². The van der Waals surface area contributed by atoms with Crippen LogP contribution in [-0.2, 0) is 6.54 Å². The lowest BCUT2D eigenvalue weighted by Gasteiger charge is -2.10. The van der Waals surface area contributed by atoms with Gasteiger partial charge in [-0.15, -0.1) is 0 Å². The molecule has 6 heteroatoms. The number of aromatic nitrogens is 2. The number of hydrogen-bond donors (Lipinski definition) is 4. The quantitative estimate of drug-likeness (QED) is 0.574. The fourth-order valence-electron chi connectivity index (χ4n) is 2.24. The van der Waals surface area contributed by atoms with Gasteiger partial charge in [0.25, 0.3) is 0 Å². The van der Waals surface area contributed by atoms with Crippen LogP contribution in [0.4, 0.5) is 21.9 Å². The summed E-state index contributed by atoms with van der Waals surface area (Å²) in [5.74, 6) is 0. The number of aromatic amines is 1. The van der Waals surface area contributed by atoms with Crippen LogP contribution in [0.3, 0.4) is 0 Å². The first-order valence-electron chi connectivity index (χ1n) is 7.65. The van der Waals surface area contributed by atoms with Crippen molar-refractivity contribution in [1.29, 1.82) is 0 Å². The number of hydrogen-bond acceptors (Lipinski definition) is 3. The Bertz CT molecular complexity index is 797. The number of aryl methyl sites for hydroxylation is 1. The van der Waals surface area contributed by atoms with Gasteiger partial charge < -0.3 is 16.0 Å². The highest BCUT2D eigenvalue weighted by molar-refractivity contribution is 5.99. The van der Waals surface area contributed by atoms with Crippen molar-refractivity contribution in [3.05, 3.63) is 72.1 Å². The van der Waals surface area contributed by atoms with Gasteiger partial charge >= 0.3 is 6.03 Å². The summed E-state index contributed by atoms with van der Waals surface area (Å²) in [6.07, 6.45) is 3.51. The molecule has 0 saturated carbocycles. The first-order chi connectivity index (χ1) is 11.7. The second-order valence-corrected chi connectivity index (χ2v) is 5.49. The van der Waals surface area contributed by atoms with Gasteiger partial charge in [-0.3, -0.25) is 5.10 Å². The first kappa shape index (κ1) is 15.6. The number of carbonyl (C=O) groups is 1. The molecule has 0 fully saturated rings. The van der Waals surface area contributed by atoms with E-state index in [0.29, 0.717) is 6.54 Å². The number of H-pyrrole nitrogens is 1. The maximum atomic E-state index is 12.1. The van der Waals surface area contributed by atoms with E-state index >= 15 is 0 Å². The molecule has 0 radical (unpaired) electrons. The Morgan fingerprint density at radius 3 is 2.58 bits per heavy atom. The molecule has 0 aliphatic rings. The molecule has 24 heavy (non-hydrogen) atoms. The highest BCUT2D eigenvalue weighted by Gasteiger charge is 2.03. The zero-order chi connectivity index (χ0) is 16.8. The molecule has 2 amide bonds. The van der Waals surface area contributed by atoms with Crippen LogP contribution in [0.2, 0.25) is 0 Å². The van der Waals surface area contributed by atoms with Gasteiger partial charge in [-0.25, -0.2) is 4.79 Å². The van der Waals surface area contributed by atoms with Gasteiger partial charge in [0.2, 0.25) is 0 Å². The number of amides is 2. The van der Waals surface area contributed by atoms with Crippen molar-refractivity contribution >= 4 is 23.1 Å². The molecule has 0 bridgehead atoms. The van der Waals surface area contributed by atoms with E-state index in [2.05, 4.69) is 26.1 Å². The summed E-state index contributed by atoms with van der Waals surface area (Å²) >= 11 is 0. The summed E-state index contributed by atoms with van der Waals surface area (Å²) in [5.41, 5.74) is 4.63. The molecule has 0 saturated heterocycles. The lowest BCUT2D eigenvalue weighted by atomic mass is 10.2. The Labute approximate surface area is 140 Å². The summed E-state index contributed by atoms with van der Waals surface area (Å²) < 4.78 is 0. The summed E-state index contributed by atoms with van der Waals surface area (Å²) in [7, 11) is 0. The maximum absolute atomic E-state index is 12.1. The largest absolute Gasteiger partial charge is 0.378 e. The van der Waals surface area contributed by atoms with Gasteiger partial charge in [0.15, 0.2) is 0 Å². The number of rotatable bonds is 5. The number of nitrogens with one attached hydrogen (secondary N) is 4. The minimum absolute atomic E-state index is 0.265. The van der Waals surface area contributed by atoms with E-state index in [1.54, 1.807) is 12.4 Å². The number of urea groups is 1. The van der Waals surface area contributed by atoms with Crippen molar-refractivity contribution < 1.29 is 4.79 Å². The minimum atomic E-state index is -0.265. The van der Waals surface area contributed by atoms with Gasteiger partial charge in [0, 0.05) is 24.1 Å². The normalized spacial score (nSPS) is 10.2. The molecule has 0 atom stereocenters. The average Bonchev–Trinajstić information content (AvgIpc) is 3.09. The van der Waals surface area contributed by atoms with Crippen LogP contribution in [0.5, 0.6) is 0 Å². The molecule has 0 unspecified atom stereocenters. The molecule has 1 aromatic heterocycles. The molecule has 2 aromatic carbocycles. The van der Waals surface area contributed by atoms with Crippen LogP contribution in [0.15, 0.2) is 60.9 Å². The number of anilines is 3. The van der Waals surface area contributed by atoms with E-state index in [1.165, 1.54) is 0 Å². The van der Waals surface area contributed by atoms with Gasteiger partial charge in [-0.2, -0.15) is 5.10 Å².